The van der Waals surface area contributed by atoms with Crippen molar-refractivity contribution in [2.24, 2.45) is 0 Å². The van der Waals surface area contributed by atoms with E-state index in [1.54, 1.807) is 7.11 Å². The van der Waals surface area contributed by atoms with Crippen molar-refractivity contribution in [1.82, 2.24) is 10.2 Å². The lowest BCUT2D eigenvalue weighted by Gasteiger charge is -2.35. The first-order valence-electron chi connectivity index (χ1n) is 7.87. The maximum atomic E-state index is 10.5. The Balaban J connectivity index is 1.72. The van der Waals surface area contributed by atoms with Crippen LogP contribution in [0.4, 0.5) is 0 Å². The molecule has 0 amide bonds. The zero-order valence-corrected chi connectivity index (χ0v) is 13.2. The van der Waals surface area contributed by atoms with E-state index in [0.717, 1.165) is 48.7 Å². The molecule has 1 aromatic heterocycles. The van der Waals surface area contributed by atoms with Crippen LogP contribution in [0.15, 0.2) is 28.7 Å². The van der Waals surface area contributed by atoms with Gasteiger partial charge in [-0.1, -0.05) is 12.1 Å². The molecular formula is C17H24N2O3. The average molecular weight is 304 g/mol. The molecule has 120 valence electrons. The van der Waals surface area contributed by atoms with E-state index >= 15 is 0 Å². The zero-order chi connectivity index (χ0) is 15.5. The van der Waals surface area contributed by atoms with Crippen LogP contribution in [-0.4, -0.2) is 55.4 Å². The molecule has 1 aliphatic rings. The van der Waals surface area contributed by atoms with Gasteiger partial charge in [-0.25, -0.2) is 0 Å². The van der Waals surface area contributed by atoms with Gasteiger partial charge < -0.3 is 19.6 Å². The van der Waals surface area contributed by atoms with Crippen molar-refractivity contribution in [3.63, 3.8) is 0 Å². The summed E-state index contributed by atoms with van der Waals surface area (Å²) in [5, 5.41) is 14.9. The van der Waals surface area contributed by atoms with Gasteiger partial charge in [-0.3, -0.25) is 4.90 Å². The van der Waals surface area contributed by atoms with Crippen LogP contribution in [0.1, 0.15) is 12.7 Å². The van der Waals surface area contributed by atoms with Crippen LogP contribution in [-0.2, 0) is 6.42 Å². The molecule has 1 saturated heterocycles. The number of hydrogen-bond donors (Lipinski definition) is 2. The van der Waals surface area contributed by atoms with Gasteiger partial charge >= 0.3 is 0 Å². The minimum atomic E-state index is -0.440. The van der Waals surface area contributed by atoms with Gasteiger partial charge in [0.25, 0.3) is 0 Å². The van der Waals surface area contributed by atoms with E-state index in [0.29, 0.717) is 6.42 Å². The number of rotatable bonds is 5. The average Bonchev–Trinajstić information content (AvgIpc) is 2.97. The van der Waals surface area contributed by atoms with Crippen LogP contribution in [0, 0.1) is 0 Å². The Morgan fingerprint density at radius 3 is 2.86 bits per heavy atom. The van der Waals surface area contributed by atoms with Gasteiger partial charge in [-0.15, -0.1) is 0 Å². The van der Waals surface area contributed by atoms with Crippen LogP contribution < -0.4 is 10.1 Å². The number of aliphatic hydroxyl groups excluding tert-OH is 1. The summed E-state index contributed by atoms with van der Waals surface area (Å²) in [5.74, 6) is 1.53. The highest BCUT2D eigenvalue weighted by molar-refractivity contribution is 5.83. The molecule has 0 radical (unpaired) electrons. The molecule has 0 bridgehead atoms. The Hall–Kier alpha value is -1.56. The minimum Gasteiger partial charge on any atom is -0.493 e. The van der Waals surface area contributed by atoms with E-state index in [-0.39, 0.29) is 6.04 Å². The second kappa shape index (κ2) is 6.69. The summed E-state index contributed by atoms with van der Waals surface area (Å²) in [6.45, 7) is 6.01. The molecule has 5 heteroatoms. The van der Waals surface area contributed by atoms with E-state index in [9.17, 15) is 5.11 Å². The first-order valence-corrected chi connectivity index (χ1v) is 7.87. The predicted octanol–water partition coefficient (Wildman–Crippen LogP) is 1.64. The third-order valence-electron chi connectivity index (χ3n) is 4.47. The number of benzene rings is 1. The standard InChI is InChI=1S/C17H24N2O3/c1-12(19-8-6-18-7-9-19)15(20)11-14-10-13-4-3-5-16(21-2)17(13)22-14/h3-5,10,12,15,18,20H,6-9,11H2,1-2H3. The molecule has 0 aliphatic carbocycles. The second-order valence-corrected chi connectivity index (χ2v) is 5.89. The Bertz CT molecular complexity index is 619. The topological polar surface area (TPSA) is 57.9 Å². The van der Waals surface area contributed by atoms with Gasteiger partial charge in [0.1, 0.15) is 5.76 Å². The van der Waals surface area contributed by atoms with Crippen molar-refractivity contribution < 1.29 is 14.3 Å². The highest BCUT2D eigenvalue weighted by Crippen LogP contribution is 2.29. The van der Waals surface area contributed by atoms with Crippen molar-refractivity contribution in [1.29, 1.82) is 0 Å². The quantitative estimate of drug-likeness (QED) is 0.879. The highest BCUT2D eigenvalue weighted by Gasteiger charge is 2.24. The number of methoxy groups -OCH3 is 1. The molecule has 2 aromatic rings. The van der Waals surface area contributed by atoms with Gasteiger partial charge in [0.2, 0.25) is 0 Å². The van der Waals surface area contributed by atoms with Crippen LogP contribution in [0.5, 0.6) is 5.75 Å². The van der Waals surface area contributed by atoms with Crippen LogP contribution in [0.3, 0.4) is 0 Å². The van der Waals surface area contributed by atoms with Crippen LogP contribution in [0.2, 0.25) is 0 Å². The molecule has 3 rings (SSSR count). The highest BCUT2D eigenvalue weighted by atomic mass is 16.5. The molecule has 2 N–H and O–H groups in total. The smallest absolute Gasteiger partial charge is 0.176 e. The fourth-order valence-corrected chi connectivity index (χ4v) is 3.06. The zero-order valence-electron chi connectivity index (χ0n) is 13.2. The van der Waals surface area contributed by atoms with Gasteiger partial charge in [0.15, 0.2) is 11.3 Å². The van der Waals surface area contributed by atoms with E-state index < -0.39 is 6.10 Å². The SMILES string of the molecule is COc1cccc2cc(CC(O)C(C)N3CCNCC3)oc12. The van der Waals surface area contributed by atoms with Gasteiger partial charge in [0, 0.05) is 44.0 Å². The van der Waals surface area contributed by atoms with E-state index in [1.165, 1.54) is 0 Å². The summed E-state index contributed by atoms with van der Waals surface area (Å²) >= 11 is 0. The van der Waals surface area contributed by atoms with Crippen molar-refractivity contribution in [2.75, 3.05) is 33.3 Å². The van der Waals surface area contributed by atoms with Gasteiger partial charge in [-0.2, -0.15) is 0 Å². The number of ether oxygens (including phenoxy) is 1. The second-order valence-electron chi connectivity index (χ2n) is 5.89. The summed E-state index contributed by atoms with van der Waals surface area (Å²) in [4.78, 5) is 2.32. The summed E-state index contributed by atoms with van der Waals surface area (Å²) < 4.78 is 11.2. The van der Waals surface area contributed by atoms with E-state index in [2.05, 4.69) is 17.1 Å². The largest absolute Gasteiger partial charge is 0.493 e. The van der Waals surface area contributed by atoms with Crippen molar-refractivity contribution in [2.45, 2.75) is 25.5 Å². The van der Waals surface area contributed by atoms with Crippen molar-refractivity contribution in [3.8, 4) is 5.75 Å². The van der Waals surface area contributed by atoms with E-state index in [4.69, 9.17) is 9.15 Å². The Morgan fingerprint density at radius 1 is 1.36 bits per heavy atom. The number of aliphatic hydroxyl groups is 1. The Kier molecular flexibility index (Phi) is 4.66. The Labute approximate surface area is 130 Å². The van der Waals surface area contributed by atoms with Crippen molar-refractivity contribution >= 4 is 11.0 Å². The lowest BCUT2D eigenvalue weighted by Crippen LogP contribution is -2.51. The number of furan rings is 1. The van der Waals surface area contributed by atoms with E-state index in [1.807, 2.05) is 24.3 Å². The maximum absolute atomic E-state index is 10.5. The molecule has 2 atom stereocenters. The Morgan fingerprint density at radius 2 is 2.14 bits per heavy atom. The molecule has 22 heavy (non-hydrogen) atoms. The molecule has 0 saturated carbocycles. The first kappa shape index (κ1) is 15.3. The molecule has 1 aliphatic heterocycles. The molecule has 1 fully saturated rings. The molecule has 2 unspecified atom stereocenters. The predicted molar refractivity (Wildman–Crippen MR) is 86.4 cm³/mol. The summed E-state index contributed by atoms with van der Waals surface area (Å²) in [7, 11) is 1.64. The number of nitrogens with zero attached hydrogens (tertiary/aromatic N) is 1. The fourth-order valence-electron chi connectivity index (χ4n) is 3.06. The minimum absolute atomic E-state index is 0.122. The normalized spacial score (nSPS) is 19.2. The number of para-hydroxylation sites is 1. The number of nitrogens with one attached hydrogen (secondary N) is 1. The van der Waals surface area contributed by atoms with Gasteiger partial charge in [0.05, 0.1) is 13.2 Å². The van der Waals surface area contributed by atoms with Gasteiger partial charge in [-0.05, 0) is 19.1 Å². The number of hydrogen-bond acceptors (Lipinski definition) is 5. The first-order chi connectivity index (χ1) is 10.7. The summed E-state index contributed by atoms with van der Waals surface area (Å²) in [6.07, 6.45) is 0.0767. The maximum Gasteiger partial charge on any atom is 0.176 e. The molecule has 5 nitrogen and oxygen atoms in total. The summed E-state index contributed by atoms with van der Waals surface area (Å²) in [5.41, 5.74) is 0.752. The molecule has 2 heterocycles. The summed E-state index contributed by atoms with van der Waals surface area (Å²) in [6, 6.07) is 7.94. The fraction of sp³-hybridized carbons (Fsp3) is 0.529. The van der Waals surface area contributed by atoms with Crippen molar-refractivity contribution in [3.05, 3.63) is 30.0 Å². The lowest BCUT2D eigenvalue weighted by atomic mass is 10.1. The molecular weight excluding hydrogens is 280 g/mol. The lowest BCUT2D eigenvalue weighted by molar-refractivity contribution is 0.0491. The number of fused-ring (bicyclic) bond motifs is 1. The number of piperazine rings is 1. The molecule has 1 aromatic carbocycles. The molecule has 0 spiro atoms. The van der Waals surface area contributed by atoms with Crippen LogP contribution >= 0.6 is 0 Å². The third-order valence-corrected chi connectivity index (χ3v) is 4.47. The third kappa shape index (κ3) is 3.11. The monoisotopic (exact) mass is 304 g/mol. The van der Waals surface area contributed by atoms with Crippen LogP contribution in [0.25, 0.3) is 11.0 Å².